The minimum Gasteiger partial charge on any atom is -0.394 e. The van der Waals surface area contributed by atoms with Crippen molar-refractivity contribution < 1.29 is 14.6 Å². The third-order valence-corrected chi connectivity index (χ3v) is 17.1. The zero-order valence-corrected chi connectivity index (χ0v) is 28.0. The van der Waals surface area contributed by atoms with Crippen LogP contribution in [0.4, 0.5) is 0 Å². The number of hydrogen-bond acceptors (Lipinski definition) is 3. The second-order valence-corrected chi connectivity index (χ2v) is 18.4. The summed E-state index contributed by atoms with van der Waals surface area (Å²) < 4.78 is 11.9. The minimum atomic E-state index is -0.138. The molecule has 16 unspecified atom stereocenters. The van der Waals surface area contributed by atoms with Crippen LogP contribution in [0.3, 0.4) is 0 Å². The van der Waals surface area contributed by atoms with Crippen molar-refractivity contribution in [2.75, 3.05) is 26.4 Å². The predicted molar refractivity (Wildman–Crippen MR) is 176 cm³/mol. The van der Waals surface area contributed by atoms with E-state index < -0.39 is 0 Å². The van der Waals surface area contributed by atoms with Crippen LogP contribution >= 0.6 is 0 Å². The van der Waals surface area contributed by atoms with Crippen LogP contribution in [0.1, 0.15) is 128 Å². The van der Waals surface area contributed by atoms with Gasteiger partial charge in [0.1, 0.15) is 6.10 Å². The standard InChI is InChI=1S/C41H66O3/c42-23-27(24-43-19-9-6-4-8-12-26-22-34-35(26)41-39-31-18-17-30(31)38(39)40(34)41)44-20-10-5-2-1-3-7-11-25-13-14-32-33(21-25)37-29-16-15-28(29)36(32)37/h25-42H,1-24H2/t25?,26?,27-,28?,29?,30?,31?,32?,33?,34?,35?,36?,37?,38?,39?,40?,41?/m0/s1. The second kappa shape index (κ2) is 12.7. The van der Waals surface area contributed by atoms with Crippen molar-refractivity contribution in [3.8, 4) is 0 Å². The summed E-state index contributed by atoms with van der Waals surface area (Å²) in [5.41, 5.74) is 0. The molecule has 0 aromatic heterocycles. The Hall–Kier alpha value is -0.120. The Kier molecular flexibility index (Phi) is 8.67. The Morgan fingerprint density at radius 1 is 0.477 bits per heavy atom. The monoisotopic (exact) mass is 607 g/mol. The first-order chi connectivity index (χ1) is 21.8. The SMILES string of the molecule is OC[C@@H](COCCCCCCC1CC2C1C1C3C4CCC4C3C21)OCCCCCCCCC1CCC2C(C1)C1C3CCC3C21. The molecule has 0 aromatic rings. The van der Waals surface area contributed by atoms with Gasteiger partial charge in [-0.2, -0.15) is 0 Å². The van der Waals surface area contributed by atoms with Gasteiger partial charge in [-0.05, 0) is 152 Å². The first-order valence-electron chi connectivity index (χ1n) is 20.6. The van der Waals surface area contributed by atoms with E-state index in [-0.39, 0.29) is 12.7 Å². The normalized spacial score (nSPS) is 49.8. The molecule has 0 aliphatic heterocycles. The van der Waals surface area contributed by atoms with Gasteiger partial charge in [-0.1, -0.05) is 70.6 Å². The second-order valence-electron chi connectivity index (χ2n) is 18.4. The van der Waals surface area contributed by atoms with Gasteiger partial charge in [0, 0.05) is 13.2 Å². The summed E-state index contributed by atoms with van der Waals surface area (Å²) in [4.78, 5) is 0. The summed E-state index contributed by atoms with van der Waals surface area (Å²) in [6.45, 7) is 2.24. The van der Waals surface area contributed by atoms with Crippen molar-refractivity contribution in [2.45, 2.75) is 135 Å². The molecule has 17 atom stereocenters. The average Bonchev–Trinajstić information content (AvgIpc) is 3.00. The molecule has 0 saturated heterocycles. The molecule has 44 heavy (non-hydrogen) atoms. The van der Waals surface area contributed by atoms with Crippen LogP contribution in [0.15, 0.2) is 0 Å². The van der Waals surface area contributed by atoms with Crippen molar-refractivity contribution in [2.24, 2.45) is 94.7 Å². The van der Waals surface area contributed by atoms with Crippen molar-refractivity contribution in [3.63, 3.8) is 0 Å². The largest absolute Gasteiger partial charge is 0.394 e. The lowest BCUT2D eigenvalue weighted by molar-refractivity contribution is -0.375. The van der Waals surface area contributed by atoms with Gasteiger partial charge >= 0.3 is 0 Å². The first kappa shape index (κ1) is 30.0. The number of rotatable bonds is 20. The molecule has 0 radical (unpaired) electrons. The average molecular weight is 607 g/mol. The van der Waals surface area contributed by atoms with Crippen LogP contribution in [-0.4, -0.2) is 37.6 Å². The van der Waals surface area contributed by atoms with Gasteiger partial charge in [0.05, 0.1) is 13.2 Å². The summed E-state index contributed by atoms with van der Waals surface area (Å²) in [6, 6.07) is 0. The zero-order valence-electron chi connectivity index (χ0n) is 28.0. The van der Waals surface area contributed by atoms with Gasteiger partial charge in [0.2, 0.25) is 0 Å². The number of hydrogen-bond donors (Lipinski definition) is 1. The molecule has 0 amide bonds. The summed E-state index contributed by atoms with van der Waals surface area (Å²) in [6.07, 6.45) is 28.9. The van der Waals surface area contributed by atoms with Crippen LogP contribution < -0.4 is 0 Å². The Balaban J connectivity index is 0.538. The van der Waals surface area contributed by atoms with Gasteiger partial charge in [-0.25, -0.2) is 0 Å². The number of ether oxygens (including phenoxy) is 2. The van der Waals surface area contributed by atoms with Crippen molar-refractivity contribution in [3.05, 3.63) is 0 Å². The maximum Gasteiger partial charge on any atom is 0.104 e. The van der Waals surface area contributed by atoms with E-state index in [1.54, 1.807) is 51.4 Å². The van der Waals surface area contributed by atoms with Crippen molar-refractivity contribution in [1.29, 1.82) is 0 Å². The van der Waals surface area contributed by atoms with Gasteiger partial charge in [0.25, 0.3) is 0 Å². The molecular weight excluding hydrogens is 540 g/mol. The number of fused-ring (bicyclic) bond motifs is 17. The highest BCUT2D eigenvalue weighted by atomic mass is 16.5. The fourth-order valence-electron chi connectivity index (χ4n) is 14.8. The van der Waals surface area contributed by atoms with Crippen LogP contribution in [0.5, 0.6) is 0 Å². The fourth-order valence-corrected chi connectivity index (χ4v) is 14.8. The van der Waals surface area contributed by atoms with E-state index in [9.17, 15) is 5.11 Å². The molecule has 9 saturated carbocycles. The quantitative estimate of drug-likeness (QED) is 0.111. The molecule has 0 bridgehead atoms. The smallest absolute Gasteiger partial charge is 0.104 e. The fraction of sp³-hybridized carbons (Fsp3) is 1.00. The van der Waals surface area contributed by atoms with E-state index in [0.29, 0.717) is 6.61 Å². The maximum absolute atomic E-state index is 9.72. The van der Waals surface area contributed by atoms with E-state index in [0.717, 1.165) is 43.8 Å². The lowest BCUT2D eigenvalue weighted by Gasteiger charge is -2.85. The minimum absolute atomic E-state index is 0.0832. The number of unbranched alkanes of at least 4 members (excludes halogenated alkanes) is 8. The van der Waals surface area contributed by atoms with E-state index in [4.69, 9.17) is 9.47 Å². The summed E-state index contributed by atoms with van der Waals surface area (Å²) in [7, 11) is 0. The summed E-state index contributed by atoms with van der Waals surface area (Å²) in [5, 5.41) is 9.72. The highest BCUT2D eigenvalue weighted by molar-refractivity contribution is 5.27. The van der Waals surface area contributed by atoms with Gasteiger partial charge in [0.15, 0.2) is 0 Å². The molecule has 248 valence electrons. The molecule has 0 spiro atoms. The maximum atomic E-state index is 9.72. The molecule has 3 nitrogen and oxygen atoms in total. The topological polar surface area (TPSA) is 38.7 Å². The third-order valence-electron chi connectivity index (χ3n) is 17.1. The highest BCUT2D eigenvalue weighted by Crippen LogP contribution is 2.84. The molecule has 0 aromatic carbocycles. The molecule has 9 rings (SSSR count). The van der Waals surface area contributed by atoms with E-state index in [1.807, 2.05) is 0 Å². The molecule has 9 fully saturated rings. The first-order valence-corrected chi connectivity index (χ1v) is 20.6. The molecule has 1 N–H and O–H groups in total. The Labute approximate surface area is 269 Å². The summed E-state index contributed by atoms with van der Waals surface area (Å²) >= 11 is 0. The molecular formula is C41H66O3. The lowest BCUT2D eigenvalue weighted by atomic mass is 9.20. The summed E-state index contributed by atoms with van der Waals surface area (Å²) in [5.74, 6) is 19.0. The van der Waals surface area contributed by atoms with E-state index >= 15 is 0 Å². The third kappa shape index (κ3) is 4.87. The Bertz CT molecular complexity index is 969. The van der Waals surface area contributed by atoms with Crippen LogP contribution in [0.2, 0.25) is 0 Å². The highest BCUT2D eigenvalue weighted by Gasteiger charge is 2.79. The Morgan fingerprint density at radius 2 is 1.05 bits per heavy atom. The zero-order chi connectivity index (χ0) is 29.2. The van der Waals surface area contributed by atoms with Crippen LogP contribution in [0.25, 0.3) is 0 Å². The van der Waals surface area contributed by atoms with E-state index in [1.165, 1.54) is 141 Å². The number of aliphatic hydroxyl groups excluding tert-OH is 1. The van der Waals surface area contributed by atoms with Crippen molar-refractivity contribution >= 4 is 0 Å². The van der Waals surface area contributed by atoms with Gasteiger partial charge in [-0.3, -0.25) is 0 Å². The predicted octanol–water partition coefficient (Wildman–Crippen LogP) is 9.16. The molecule has 9 aliphatic carbocycles. The molecule has 3 heteroatoms. The number of aliphatic hydroxyl groups is 1. The lowest BCUT2D eigenvalue weighted by Crippen LogP contribution is -2.80. The molecule has 9 aliphatic rings. The van der Waals surface area contributed by atoms with Crippen molar-refractivity contribution in [1.82, 2.24) is 0 Å². The van der Waals surface area contributed by atoms with Gasteiger partial charge in [-0.15, -0.1) is 0 Å². The van der Waals surface area contributed by atoms with Crippen LogP contribution in [-0.2, 0) is 9.47 Å². The Morgan fingerprint density at radius 3 is 1.80 bits per heavy atom. The van der Waals surface area contributed by atoms with Gasteiger partial charge < -0.3 is 14.6 Å². The van der Waals surface area contributed by atoms with E-state index in [2.05, 4.69) is 0 Å². The molecule has 0 heterocycles. The van der Waals surface area contributed by atoms with Crippen LogP contribution in [0, 0.1) is 94.7 Å².